The van der Waals surface area contributed by atoms with Crippen molar-refractivity contribution in [2.75, 3.05) is 6.54 Å². The molecule has 1 aromatic carbocycles. The van der Waals surface area contributed by atoms with Crippen LogP contribution in [0.3, 0.4) is 0 Å². The summed E-state index contributed by atoms with van der Waals surface area (Å²) in [6, 6.07) is 11.0. The van der Waals surface area contributed by atoms with E-state index in [2.05, 4.69) is 35.6 Å². The molecule has 4 aliphatic carbocycles. The smallest absolute Gasteiger partial charge is 0.101 e. The number of hydrogen-bond acceptors (Lipinski definition) is 0. The summed E-state index contributed by atoms with van der Waals surface area (Å²) in [7, 11) is 0. The molecule has 102 valence electrons. The fraction of sp³-hybridized carbons (Fsp3) is 0.667. The van der Waals surface area contributed by atoms with Crippen LogP contribution in [-0.4, -0.2) is 6.54 Å². The van der Waals surface area contributed by atoms with Crippen LogP contribution in [0.4, 0.5) is 0 Å². The van der Waals surface area contributed by atoms with Gasteiger partial charge in [0.15, 0.2) is 0 Å². The highest BCUT2D eigenvalue weighted by Crippen LogP contribution is 2.59. The minimum Gasteiger partial charge on any atom is -0.342 e. The van der Waals surface area contributed by atoms with Crippen molar-refractivity contribution in [3.8, 4) is 0 Å². The molecule has 5 rings (SSSR count). The molecule has 4 bridgehead atoms. The molecule has 4 fully saturated rings. The topological polar surface area (TPSA) is 16.6 Å². The van der Waals surface area contributed by atoms with Gasteiger partial charge in [0.1, 0.15) is 6.54 Å². The number of quaternary nitrogens is 1. The lowest BCUT2D eigenvalue weighted by atomic mass is 9.49. The summed E-state index contributed by atoms with van der Waals surface area (Å²) in [5.74, 6) is 3.28. The standard InChI is InChI=1S/C18H25N/c1-2-4-14(5-3-1)12-19-13-18-9-15-6-16(10-18)8-17(7-15)11-18/h1-5,15-17,19H,6-13H2/p+1. The van der Waals surface area contributed by atoms with Gasteiger partial charge in [-0.1, -0.05) is 30.3 Å². The number of hydrogen-bond donors (Lipinski definition) is 1. The highest BCUT2D eigenvalue weighted by Gasteiger charge is 2.51. The van der Waals surface area contributed by atoms with Gasteiger partial charge < -0.3 is 5.32 Å². The highest BCUT2D eigenvalue weighted by molar-refractivity contribution is 5.13. The van der Waals surface area contributed by atoms with Crippen LogP contribution in [0.15, 0.2) is 30.3 Å². The molecule has 0 aromatic heterocycles. The van der Waals surface area contributed by atoms with Crippen LogP contribution in [0.1, 0.15) is 44.1 Å². The Bertz CT molecular complexity index is 401. The van der Waals surface area contributed by atoms with Gasteiger partial charge in [0.25, 0.3) is 0 Å². The third-order valence-corrected chi connectivity index (χ3v) is 5.97. The third-order valence-electron chi connectivity index (χ3n) is 5.97. The van der Waals surface area contributed by atoms with Gasteiger partial charge in [-0.15, -0.1) is 0 Å². The minimum absolute atomic E-state index is 0.726. The van der Waals surface area contributed by atoms with Gasteiger partial charge in [-0.05, 0) is 56.3 Å². The lowest BCUT2D eigenvalue weighted by Gasteiger charge is -2.56. The predicted molar refractivity (Wildman–Crippen MR) is 77.5 cm³/mol. The molecule has 0 unspecified atom stereocenters. The van der Waals surface area contributed by atoms with Gasteiger partial charge in [-0.3, -0.25) is 0 Å². The van der Waals surface area contributed by atoms with Gasteiger partial charge in [-0.2, -0.15) is 0 Å². The molecule has 0 heterocycles. The van der Waals surface area contributed by atoms with E-state index in [1.54, 1.807) is 38.5 Å². The van der Waals surface area contributed by atoms with E-state index >= 15 is 0 Å². The molecule has 1 heteroatoms. The molecular weight excluding hydrogens is 230 g/mol. The van der Waals surface area contributed by atoms with Crippen molar-refractivity contribution in [2.24, 2.45) is 23.2 Å². The highest BCUT2D eigenvalue weighted by atomic mass is 14.9. The van der Waals surface area contributed by atoms with Crippen molar-refractivity contribution in [3.63, 3.8) is 0 Å². The first-order chi connectivity index (χ1) is 9.31. The van der Waals surface area contributed by atoms with Crippen molar-refractivity contribution in [2.45, 2.75) is 45.1 Å². The van der Waals surface area contributed by atoms with Crippen molar-refractivity contribution in [3.05, 3.63) is 35.9 Å². The van der Waals surface area contributed by atoms with E-state index in [4.69, 9.17) is 0 Å². The molecule has 4 aliphatic rings. The molecule has 19 heavy (non-hydrogen) atoms. The van der Waals surface area contributed by atoms with Crippen LogP contribution in [0.2, 0.25) is 0 Å². The van der Waals surface area contributed by atoms with Crippen molar-refractivity contribution in [1.29, 1.82) is 0 Å². The summed E-state index contributed by atoms with van der Waals surface area (Å²) < 4.78 is 0. The average molecular weight is 256 g/mol. The summed E-state index contributed by atoms with van der Waals surface area (Å²) in [5.41, 5.74) is 2.20. The normalized spacial score (nSPS) is 39.7. The van der Waals surface area contributed by atoms with E-state index in [0.717, 1.165) is 23.2 Å². The maximum atomic E-state index is 2.59. The molecule has 0 saturated heterocycles. The third kappa shape index (κ3) is 2.33. The lowest BCUT2D eigenvalue weighted by molar-refractivity contribution is -0.684. The molecule has 0 atom stereocenters. The number of rotatable bonds is 4. The first kappa shape index (κ1) is 12.0. The number of nitrogens with two attached hydrogens (primary N) is 1. The lowest BCUT2D eigenvalue weighted by Crippen LogP contribution is -2.86. The average Bonchev–Trinajstić information content (AvgIpc) is 2.38. The van der Waals surface area contributed by atoms with Gasteiger partial charge in [0.2, 0.25) is 0 Å². The van der Waals surface area contributed by atoms with Crippen LogP contribution in [0.5, 0.6) is 0 Å². The van der Waals surface area contributed by atoms with E-state index in [0.29, 0.717) is 0 Å². The summed E-state index contributed by atoms with van der Waals surface area (Å²) in [5, 5.41) is 2.59. The molecule has 0 spiro atoms. The zero-order chi connectivity index (χ0) is 12.7. The van der Waals surface area contributed by atoms with Gasteiger partial charge >= 0.3 is 0 Å². The van der Waals surface area contributed by atoms with E-state index in [1.165, 1.54) is 18.7 Å². The van der Waals surface area contributed by atoms with E-state index in [-0.39, 0.29) is 0 Å². The maximum absolute atomic E-state index is 2.59. The first-order valence-corrected chi connectivity index (χ1v) is 8.17. The minimum atomic E-state index is 0.726. The van der Waals surface area contributed by atoms with Gasteiger partial charge in [0.05, 0.1) is 6.54 Å². The molecule has 0 amide bonds. The predicted octanol–water partition coefficient (Wildman–Crippen LogP) is 2.97. The van der Waals surface area contributed by atoms with E-state index in [1.807, 2.05) is 0 Å². The van der Waals surface area contributed by atoms with Crippen LogP contribution in [0, 0.1) is 23.2 Å². The zero-order valence-electron chi connectivity index (χ0n) is 11.9. The fourth-order valence-electron chi connectivity index (χ4n) is 5.70. The molecule has 0 radical (unpaired) electrons. The Morgan fingerprint density at radius 3 is 2.05 bits per heavy atom. The summed E-state index contributed by atoms with van der Waals surface area (Å²) in [4.78, 5) is 0. The second-order valence-corrected chi connectivity index (χ2v) is 7.60. The molecule has 1 aromatic rings. The Hall–Kier alpha value is -0.820. The van der Waals surface area contributed by atoms with Crippen molar-refractivity contribution >= 4 is 0 Å². The van der Waals surface area contributed by atoms with E-state index in [9.17, 15) is 0 Å². The van der Waals surface area contributed by atoms with Gasteiger partial charge in [-0.25, -0.2) is 0 Å². The van der Waals surface area contributed by atoms with Gasteiger partial charge in [0, 0.05) is 11.0 Å². The Morgan fingerprint density at radius 1 is 0.895 bits per heavy atom. The Morgan fingerprint density at radius 2 is 1.47 bits per heavy atom. The Kier molecular flexibility index (Phi) is 2.91. The van der Waals surface area contributed by atoms with Crippen molar-refractivity contribution < 1.29 is 5.32 Å². The first-order valence-electron chi connectivity index (χ1n) is 8.17. The van der Waals surface area contributed by atoms with Crippen LogP contribution < -0.4 is 5.32 Å². The second kappa shape index (κ2) is 4.63. The van der Waals surface area contributed by atoms with E-state index < -0.39 is 0 Å². The quantitative estimate of drug-likeness (QED) is 0.853. The molecule has 4 saturated carbocycles. The summed E-state index contributed by atoms with van der Waals surface area (Å²) in [6.45, 7) is 2.55. The second-order valence-electron chi connectivity index (χ2n) is 7.60. The van der Waals surface area contributed by atoms with Crippen molar-refractivity contribution in [1.82, 2.24) is 0 Å². The monoisotopic (exact) mass is 256 g/mol. The fourth-order valence-corrected chi connectivity index (χ4v) is 5.70. The Balaban J connectivity index is 1.38. The molecule has 2 N–H and O–H groups in total. The zero-order valence-corrected chi connectivity index (χ0v) is 11.9. The van der Waals surface area contributed by atoms with Crippen LogP contribution in [-0.2, 0) is 6.54 Å². The molecule has 0 aliphatic heterocycles. The summed E-state index contributed by atoms with van der Waals surface area (Å²) >= 11 is 0. The summed E-state index contributed by atoms with van der Waals surface area (Å²) in [6.07, 6.45) is 9.34. The largest absolute Gasteiger partial charge is 0.342 e. The molecule has 1 nitrogen and oxygen atoms in total. The maximum Gasteiger partial charge on any atom is 0.101 e. The SMILES string of the molecule is c1ccc(C[NH2+]CC23CC4CC(CC(C4)C2)C3)cc1. The molecular formula is C18H26N+. The van der Waals surface area contributed by atoms with Crippen LogP contribution in [0.25, 0.3) is 0 Å². The Labute approximate surface area is 116 Å². The number of benzene rings is 1. The van der Waals surface area contributed by atoms with Crippen LogP contribution >= 0.6 is 0 Å².